The average molecular weight is 325 g/mol. The molecule has 1 heterocycles. The van der Waals surface area contributed by atoms with Crippen molar-refractivity contribution in [3.63, 3.8) is 0 Å². The summed E-state index contributed by atoms with van der Waals surface area (Å²) in [5.74, 6) is -1.15. The zero-order chi connectivity index (χ0) is 16.8. The van der Waals surface area contributed by atoms with Crippen LogP contribution in [0.1, 0.15) is 12.5 Å². The van der Waals surface area contributed by atoms with Crippen molar-refractivity contribution < 1.29 is 27.8 Å². The molecule has 23 heavy (non-hydrogen) atoms. The van der Waals surface area contributed by atoms with Gasteiger partial charge in [-0.2, -0.15) is 13.2 Å². The molecule has 0 fully saturated rings. The van der Waals surface area contributed by atoms with Gasteiger partial charge in [-0.15, -0.1) is 0 Å². The average Bonchev–Trinajstić information content (AvgIpc) is 2.82. The summed E-state index contributed by atoms with van der Waals surface area (Å²) in [6.45, 7) is 1.41. The molecular formula is C16H14F3NO3. The summed E-state index contributed by atoms with van der Waals surface area (Å²) < 4.78 is 45.4. The van der Waals surface area contributed by atoms with Gasteiger partial charge in [0.25, 0.3) is 0 Å². The fourth-order valence-corrected chi connectivity index (χ4v) is 2.92. The summed E-state index contributed by atoms with van der Waals surface area (Å²) in [5, 5.41) is 14.1. The van der Waals surface area contributed by atoms with Crippen molar-refractivity contribution in [1.29, 1.82) is 0 Å². The van der Waals surface area contributed by atoms with E-state index in [0.717, 1.165) is 0 Å². The lowest BCUT2D eigenvalue weighted by atomic mass is 9.88. The van der Waals surface area contributed by atoms with Gasteiger partial charge in [0.15, 0.2) is 6.04 Å². The molecule has 0 bridgehead atoms. The third-order valence-corrected chi connectivity index (χ3v) is 4.00. The van der Waals surface area contributed by atoms with Crippen LogP contribution in [0.3, 0.4) is 0 Å². The molecular weight excluding hydrogens is 311 g/mol. The lowest BCUT2D eigenvalue weighted by Crippen LogP contribution is -2.54. The standard InChI is InChI=1S/C16H14F3NO3/c1-2-23-14(21)13-15(22,16(17,18)19)11-8-7-9-5-3-4-6-10(9)12(11)20-13/h3-8,13,20,22H,2H2,1H3. The van der Waals surface area contributed by atoms with Gasteiger partial charge in [-0.05, 0) is 12.3 Å². The number of rotatable bonds is 2. The third kappa shape index (κ3) is 2.15. The Morgan fingerprint density at radius 3 is 2.65 bits per heavy atom. The molecule has 4 nitrogen and oxygen atoms in total. The van der Waals surface area contributed by atoms with Crippen LogP contribution in [0, 0.1) is 0 Å². The first-order chi connectivity index (χ1) is 10.8. The van der Waals surface area contributed by atoms with Crippen LogP contribution in [0.5, 0.6) is 0 Å². The fraction of sp³-hybridized carbons (Fsp3) is 0.312. The van der Waals surface area contributed by atoms with Crippen LogP contribution in [0.25, 0.3) is 10.8 Å². The van der Waals surface area contributed by atoms with Crippen LogP contribution >= 0.6 is 0 Å². The van der Waals surface area contributed by atoms with Crippen molar-refractivity contribution in [2.75, 3.05) is 11.9 Å². The number of halogens is 3. The summed E-state index contributed by atoms with van der Waals surface area (Å²) in [6, 6.07) is 7.53. The Bertz CT molecular complexity index is 775. The number of hydrogen-bond acceptors (Lipinski definition) is 4. The van der Waals surface area contributed by atoms with Crippen LogP contribution in [-0.2, 0) is 15.1 Å². The number of carbonyl (C=O) groups excluding carboxylic acids is 1. The maximum Gasteiger partial charge on any atom is 0.424 e. The first-order valence-corrected chi connectivity index (χ1v) is 7.05. The molecule has 1 aliphatic rings. The van der Waals surface area contributed by atoms with Crippen molar-refractivity contribution in [3.05, 3.63) is 42.0 Å². The van der Waals surface area contributed by atoms with Crippen LogP contribution in [0.15, 0.2) is 36.4 Å². The molecule has 0 saturated carbocycles. The van der Waals surface area contributed by atoms with Crippen LogP contribution in [-0.4, -0.2) is 29.9 Å². The van der Waals surface area contributed by atoms with Crippen molar-refractivity contribution in [2.24, 2.45) is 0 Å². The zero-order valence-corrected chi connectivity index (χ0v) is 12.1. The van der Waals surface area contributed by atoms with Crippen LogP contribution < -0.4 is 5.32 Å². The predicted molar refractivity (Wildman–Crippen MR) is 77.9 cm³/mol. The first-order valence-electron chi connectivity index (χ1n) is 7.05. The molecule has 122 valence electrons. The van der Waals surface area contributed by atoms with E-state index < -0.39 is 23.8 Å². The number of fused-ring (bicyclic) bond motifs is 3. The predicted octanol–water partition coefficient (Wildman–Crippen LogP) is 2.95. The highest BCUT2D eigenvalue weighted by atomic mass is 19.4. The second-order valence-electron chi connectivity index (χ2n) is 5.30. The van der Waals surface area contributed by atoms with Gasteiger partial charge in [-0.3, -0.25) is 0 Å². The Balaban J connectivity index is 2.24. The molecule has 0 spiro atoms. The Kier molecular flexibility index (Phi) is 3.48. The number of ether oxygens (including phenoxy) is 1. The van der Waals surface area contributed by atoms with E-state index in [0.29, 0.717) is 10.8 Å². The largest absolute Gasteiger partial charge is 0.464 e. The minimum atomic E-state index is -5.04. The molecule has 0 amide bonds. The van der Waals surface area contributed by atoms with Crippen molar-refractivity contribution in [3.8, 4) is 0 Å². The van der Waals surface area contributed by atoms with Crippen LogP contribution in [0.2, 0.25) is 0 Å². The van der Waals surface area contributed by atoms with Gasteiger partial charge in [-0.25, -0.2) is 4.79 Å². The van der Waals surface area contributed by atoms with Crippen molar-refractivity contribution in [2.45, 2.75) is 24.7 Å². The van der Waals surface area contributed by atoms with Gasteiger partial charge in [0.05, 0.1) is 6.61 Å². The fourth-order valence-electron chi connectivity index (χ4n) is 2.92. The van der Waals surface area contributed by atoms with Crippen LogP contribution in [0.4, 0.5) is 18.9 Å². The second-order valence-corrected chi connectivity index (χ2v) is 5.30. The van der Waals surface area contributed by atoms with Crippen molar-refractivity contribution in [1.82, 2.24) is 0 Å². The molecule has 2 aromatic rings. The van der Waals surface area contributed by atoms with E-state index in [1.807, 2.05) is 0 Å². The molecule has 3 rings (SSSR count). The summed E-state index contributed by atoms with van der Waals surface area (Å²) >= 11 is 0. The highest BCUT2D eigenvalue weighted by molar-refractivity contribution is 6.00. The smallest absolute Gasteiger partial charge is 0.424 e. The number of anilines is 1. The van der Waals surface area contributed by atoms with Gasteiger partial charge in [0, 0.05) is 16.6 Å². The molecule has 0 aromatic heterocycles. The lowest BCUT2D eigenvalue weighted by molar-refractivity contribution is -0.269. The quantitative estimate of drug-likeness (QED) is 0.834. The van der Waals surface area contributed by atoms with E-state index in [1.165, 1.54) is 19.1 Å². The number of nitrogens with one attached hydrogen (secondary N) is 1. The molecule has 2 N–H and O–H groups in total. The highest BCUT2D eigenvalue weighted by Gasteiger charge is 2.66. The van der Waals surface area contributed by atoms with Gasteiger partial charge >= 0.3 is 12.1 Å². The summed E-state index contributed by atoms with van der Waals surface area (Å²) in [6.07, 6.45) is -5.04. The molecule has 0 saturated heterocycles. The Labute approximate surface area is 129 Å². The van der Waals surface area contributed by atoms with E-state index in [1.54, 1.807) is 24.3 Å². The first kappa shape index (κ1) is 15.6. The van der Waals surface area contributed by atoms with E-state index >= 15 is 0 Å². The number of hydrogen-bond donors (Lipinski definition) is 2. The Morgan fingerprint density at radius 2 is 2.00 bits per heavy atom. The van der Waals surface area contributed by atoms with Gasteiger partial charge in [0.2, 0.25) is 5.60 Å². The monoisotopic (exact) mass is 325 g/mol. The molecule has 2 unspecified atom stereocenters. The molecule has 0 aliphatic carbocycles. The number of benzene rings is 2. The maximum absolute atomic E-state index is 13.6. The van der Waals surface area contributed by atoms with E-state index in [4.69, 9.17) is 4.74 Å². The van der Waals surface area contributed by atoms with Gasteiger partial charge < -0.3 is 15.2 Å². The second kappa shape index (κ2) is 5.13. The van der Waals surface area contributed by atoms with E-state index in [2.05, 4.69) is 5.32 Å². The summed E-state index contributed by atoms with van der Waals surface area (Å²) in [7, 11) is 0. The zero-order valence-electron chi connectivity index (χ0n) is 12.1. The summed E-state index contributed by atoms with van der Waals surface area (Å²) in [5.41, 5.74) is -3.61. The van der Waals surface area contributed by atoms with Gasteiger partial charge in [0.1, 0.15) is 0 Å². The van der Waals surface area contributed by atoms with Gasteiger partial charge in [-0.1, -0.05) is 36.4 Å². The number of carbonyl (C=O) groups is 1. The number of aliphatic hydroxyl groups is 1. The summed E-state index contributed by atoms with van der Waals surface area (Å²) in [4.78, 5) is 12.0. The van der Waals surface area contributed by atoms with E-state index in [9.17, 15) is 23.1 Å². The molecule has 1 aliphatic heterocycles. The number of alkyl halides is 3. The Hall–Kier alpha value is -2.28. The molecule has 2 aromatic carbocycles. The Morgan fingerprint density at radius 1 is 1.30 bits per heavy atom. The number of esters is 1. The minimum Gasteiger partial charge on any atom is -0.464 e. The third-order valence-electron chi connectivity index (χ3n) is 4.00. The molecule has 7 heteroatoms. The van der Waals surface area contributed by atoms with Crippen molar-refractivity contribution >= 4 is 22.4 Å². The molecule has 0 radical (unpaired) electrons. The topological polar surface area (TPSA) is 58.6 Å². The van der Waals surface area contributed by atoms with E-state index in [-0.39, 0.29) is 17.9 Å². The molecule has 2 atom stereocenters. The SMILES string of the molecule is CCOC(=O)C1Nc2c(ccc3ccccc23)C1(O)C(F)(F)F. The minimum absolute atomic E-state index is 0.0813. The normalized spacial score (nSPS) is 23.4. The maximum atomic E-state index is 13.6. The lowest BCUT2D eigenvalue weighted by Gasteiger charge is -2.30. The highest BCUT2D eigenvalue weighted by Crippen LogP contribution is 2.51.